The number of phenols is 2. The summed E-state index contributed by atoms with van der Waals surface area (Å²) < 4.78 is 0. The minimum absolute atomic E-state index is 0.176. The topological polar surface area (TPSA) is 89.9 Å². The van der Waals surface area contributed by atoms with Gasteiger partial charge in [0, 0.05) is 19.2 Å². The van der Waals surface area contributed by atoms with Crippen molar-refractivity contribution in [2.75, 3.05) is 13.6 Å². The second kappa shape index (κ2) is 11.6. The number of nitrogens with zero attached hydrogens (tertiary/aromatic N) is 1. The number of nitrogens with one attached hydrogen (secondary N) is 1. The molecule has 2 aromatic carbocycles. The van der Waals surface area contributed by atoms with Gasteiger partial charge in [0.25, 0.3) is 5.91 Å². The molecule has 2 rings (SSSR count). The maximum absolute atomic E-state index is 12.5. The van der Waals surface area contributed by atoms with Gasteiger partial charge in [-0.05, 0) is 42.7 Å². The van der Waals surface area contributed by atoms with Crippen LogP contribution >= 0.6 is 0 Å². The molecule has 0 aliphatic carbocycles. The first-order chi connectivity index (χ1) is 13.4. The van der Waals surface area contributed by atoms with E-state index in [0.29, 0.717) is 24.9 Å². The van der Waals surface area contributed by atoms with E-state index in [2.05, 4.69) is 5.32 Å². The molecule has 0 saturated carbocycles. The smallest absolute Gasteiger partial charge is 0.254 e. The van der Waals surface area contributed by atoms with E-state index in [1.807, 2.05) is 26.8 Å². The Hall–Kier alpha value is -3.02. The SMILES string of the molecule is CC.CCC(C(=O)NCCc1ccc(O)c(O)c1)N(C)C(=O)c1ccccc1. The lowest BCUT2D eigenvalue weighted by molar-refractivity contribution is -0.125. The van der Waals surface area contributed by atoms with Crippen LogP contribution in [0.3, 0.4) is 0 Å². The summed E-state index contributed by atoms with van der Waals surface area (Å²) in [7, 11) is 1.63. The molecule has 0 aromatic heterocycles. The van der Waals surface area contributed by atoms with Crippen LogP contribution in [0.2, 0.25) is 0 Å². The van der Waals surface area contributed by atoms with Crippen molar-refractivity contribution in [3.05, 3.63) is 59.7 Å². The van der Waals surface area contributed by atoms with E-state index in [4.69, 9.17) is 0 Å². The van der Waals surface area contributed by atoms with Gasteiger partial charge in [-0.2, -0.15) is 0 Å². The molecule has 6 heteroatoms. The van der Waals surface area contributed by atoms with E-state index in [1.54, 1.807) is 37.4 Å². The first-order valence-electron chi connectivity index (χ1n) is 9.54. The van der Waals surface area contributed by atoms with Gasteiger partial charge in [0.05, 0.1) is 0 Å². The maximum Gasteiger partial charge on any atom is 0.254 e. The molecule has 0 fully saturated rings. The predicted octanol–water partition coefficient (Wildman–Crippen LogP) is 3.33. The van der Waals surface area contributed by atoms with Crippen LogP contribution in [-0.2, 0) is 11.2 Å². The molecule has 0 aliphatic rings. The Balaban J connectivity index is 0.00000190. The van der Waals surface area contributed by atoms with E-state index in [9.17, 15) is 19.8 Å². The van der Waals surface area contributed by atoms with Gasteiger partial charge in [-0.15, -0.1) is 0 Å². The highest BCUT2D eigenvalue weighted by Gasteiger charge is 2.25. The molecule has 2 aromatic rings. The third-order valence-electron chi connectivity index (χ3n) is 4.25. The zero-order valence-corrected chi connectivity index (χ0v) is 17.0. The summed E-state index contributed by atoms with van der Waals surface area (Å²) in [6.45, 7) is 6.23. The van der Waals surface area contributed by atoms with Crippen LogP contribution in [0.5, 0.6) is 11.5 Å². The maximum atomic E-state index is 12.5. The first-order valence-corrected chi connectivity index (χ1v) is 9.54. The Morgan fingerprint density at radius 1 is 1.04 bits per heavy atom. The third-order valence-corrected chi connectivity index (χ3v) is 4.25. The normalized spacial score (nSPS) is 11.0. The number of hydrogen-bond donors (Lipinski definition) is 3. The minimum atomic E-state index is -0.559. The lowest BCUT2D eigenvalue weighted by atomic mass is 10.1. The Morgan fingerprint density at radius 2 is 1.68 bits per heavy atom. The Labute approximate surface area is 166 Å². The number of amides is 2. The number of rotatable bonds is 7. The first kappa shape index (κ1) is 23.0. The third kappa shape index (κ3) is 6.30. The predicted molar refractivity (Wildman–Crippen MR) is 110 cm³/mol. The van der Waals surface area contributed by atoms with Crippen molar-refractivity contribution in [3.8, 4) is 11.5 Å². The number of phenolic OH excluding ortho intramolecular Hbond substituents is 2. The highest BCUT2D eigenvalue weighted by atomic mass is 16.3. The summed E-state index contributed by atoms with van der Waals surface area (Å²) in [5.41, 5.74) is 1.34. The molecular weight excluding hydrogens is 356 g/mol. The standard InChI is InChI=1S/C20H24N2O4.C2H6/c1-3-16(22(2)20(26)15-7-5-4-6-8-15)19(25)21-12-11-14-9-10-17(23)18(24)13-14;1-2/h4-10,13,16,23-24H,3,11-12H2,1-2H3,(H,21,25);1-2H3. The zero-order chi connectivity index (χ0) is 21.1. The molecule has 0 saturated heterocycles. The molecule has 152 valence electrons. The number of aromatic hydroxyl groups is 2. The van der Waals surface area contributed by atoms with Crippen molar-refractivity contribution >= 4 is 11.8 Å². The van der Waals surface area contributed by atoms with Crippen molar-refractivity contribution in [1.82, 2.24) is 10.2 Å². The van der Waals surface area contributed by atoms with E-state index >= 15 is 0 Å². The largest absolute Gasteiger partial charge is 0.504 e. The summed E-state index contributed by atoms with van der Waals surface area (Å²) in [6.07, 6.45) is 1.01. The van der Waals surface area contributed by atoms with E-state index < -0.39 is 6.04 Å². The van der Waals surface area contributed by atoms with Crippen molar-refractivity contribution in [1.29, 1.82) is 0 Å². The van der Waals surface area contributed by atoms with Crippen molar-refractivity contribution in [2.45, 2.75) is 39.7 Å². The fourth-order valence-electron chi connectivity index (χ4n) is 2.73. The van der Waals surface area contributed by atoms with Gasteiger partial charge in [-0.1, -0.05) is 45.0 Å². The Morgan fingerprint density at radius 3 is 2.25 bits per heavy atom. The highest BCUT2D eigenvalue weighted by Crippen LogP contribution is 2.24. The van der Waals surface area contributed by atoms with Crippen molar-refractivity contribution in [3.63, 3.8) is 0 Å². The highest BCUT2D eigenvalue weighted by molar-refractivity contribution is 5.97. The number of carbonyl (C=O) groups excluding carboxylic acids is 2. The molecule has 1 atom stereocenters. The van der Waals surface area contributed by atoms with Gasteiger partial charge in [-0.25, -0.2) is 0 Å². The van der Waals surface area contributed by atoms with Gasteiger partial charge < -0.3 is 20.4 Å². The van der Waals surface area contributed by atoms with Gasteiger partial charge in [0.15, 0.2) is 11.5 Å². The zero-order valence-electron chi connectivity index (χ0n) is 17.0. The summed E-state index contributed by atoms with van der Waals surface area (Å²) >= 11 is 0. The van der Waals surface area contributed by atoms with Gasteiger partial charge in [0.1, 0.15) is 6.04 Å². The average Bonchev–Trinajstić information content (AvgIpc) is 2.72. The lowest BCUT2D eigenvalue weighted by Crippen LogP contribution is -2.47. The summed E-state index contributed by atoms with van der Waals surface area (Å²) in [4.78, 5) is 26.4. The summed E-state index contributed by atoms with van der Waals surface area (Å²) in [6, 6.07) is 12.9. The fourth-order valence-corrected chi connectivity index (χ4v) is 2.73. The van der Waals surface area contributed by atoms with Crippen LogP contribution in [0.25, 0.3) is 0 Å². The van der Waals surface area contributed by atoms with Crippen molar-refractivity contribution in [2.24, 2.45) is 0 Å². The second-order valence-corrected chi connectivity index (χ2v) is 6.07. The number of hydrogen-bond acceptors (Lipinski definition) is 4. The molecule has 3 N–H and O–H groups in total. The summed E-state index contributed by atoms with van der Waals surface area (Å²) in [5, 5.41) is 21.6. The fraction of sp³-hybridized carbons (Fsp3) is 0.364. The molecule has 28 heavy (non-hydrogen) atoms. The quantitative estimate of drug-likeness (QED) is 0.637. The van der Waals surface area contributed by atoms with Gasteiger partial charge >= 0.3 is 0 Å². The molecule has 0 spiro atoms. The van der Waals surface area contributed by atoms with Gasteiger partial charge in [-0.3, -0.25) is 9.59 Å². The average molecular weight is 386 g/mol. The van der Waals surface area contributed by atoms with Crippen LogP contribution in [0.4, 0.5) is 0 Å². The molecule has 1 unspecified atom stereocenters. The van der Waals surface area contributed by atoms with Crippen molar-refractivity contribution < 1.29 is 19.8 Å². The Kier molecular flexibility index (Phi) is 9.57. The van der Waals surface area contributed by atoms with Crippen LogP contribution in [0.1, 0.15) is 43.1 Å². The molecule has 0 heterocycles. The van der Waals surface area contributed by atoms with Crippen LogP contribution in [-0.4, -0.2) is 46.6 Å². The molecular formula is C22H30N2O4. The molecule has 0 aliphatic heterocycles. The molecule has 6 nitrogen and oxygen atoms in total. The van der Waals surface area contributed by atoms with E-state index in [0.717, 1.165) is 5.56 Å². The molecule has 2 amide bonds. The molecule has 0 radical (unpaired) electrons. The second-order valence-electron chi connectivity index (χ2n) is 6.07. The number of benzene rings is 2. The molecule has 0 bridgehead atoms. The number of likely N-dealkylation sites (N-methyl/N-ethyl adjacent to an activating group) is 1. The Bertz CT molecular complexity index is 762. The van der Waals surface area contributed by atoms with E-state index in [1.165, 1.54) is 17.0 Å². The van der Waals surface area contributed by atoms with E-state index in [-0.39, 0.29) is 23.3 Å². The van der Waals surface area contributed by atoms with Gasteiger partial charge in [0.2, 0.25) is 5.91 Å². The van der Waals surface area contributed by atoms with Crippen LogP contribution in [0, 0.1) is 0 Å². The minimum Gasteiger partial charge on any atom is -0.504 e. The lowest BCUT2D eigenvalue weighted by Gasteiger charge is -2.26. The number of carbonyl (C=O) groups is 2. The van der Waals surface area contributed by atoms with Crippen LogP contribution < -0.4 is 5.32 Å². The monoisotopic (exact) mass is 386 g/mol. The van der Waals surface area contributed by atoms with Crippen LogP contribution in [0.15, 0.2) is 48.5 Å². The summed E-state index contributed by atoms with van der Waals surface area (Å²) in [5.74, 6) is -0.781.